The van der Waals surface area contributed by atoms with Crippen LogP contribution in [-0.4, -0.2) is 95.2 Å². The Balaban J connectivity index is 5.46. The fourth-order valence-corrected chi connectivity index (χ4v) is 3.53. The lowest BCUT2D eigenvalue weighted by Crippen LogP contribution is -2.58. The van der Waals surface area contributed by atoms with E-state index in [2.05, 4.69) is 26.6 Å². The fourth-order valence-electron chi connectivity index (χ4n) is 3.53. The number of aliphatic carboxylic acids is 1. The average Bonchev–Trinajstić information content (AvgIpc) is 2.91. The number of nitrogens with one attached hydrogen (secondary N) is 5. The van der Waals surface area contributed by atoms with Gasteiger partial charge in [0, 0.05) is 12.8 Å². The first-order valence-corrected chi connectivity index (χ1v) is 13.8. The van der Waals surface area contributed by atoms with Crippen molar-refractivity contribution in [2.24, 2.45) is 22.9 Å². The number of nitrogens with two attached hydrogens (primary N) is 4. The van der Waals surface area contributed by atoms with Gasteiger partial charge >= 0.3 is 5.97 Å². The van der Waals surface area contributed by atoms with Crippen LogP contribution < -0.4 is 49.5 Å². The van der Waals surface area contributed by atoms with E-state index >= 15 is 0 Å². The molecule has 18 nitrogen and oxygen atoms in total. The molecule has 0 rings (SSSR count). The highest BCUT2D eigenvalue weighted by Gasteiger charge is 2.30. The lowest BCUT2D eigenvalue weighted by atomic mass is 10.1. The van der Waals surface area contributed by atoms with Gasteiger partial charge < -0.3 is 54.6 Å². The van der Waals surface area contributed by atoms with Crippen LogP contribution >= 0.6 is 0 Å². The largest absolute Gasteiger partial charge is 0.481 e. The second-order valence-electron chi connectivity index (χ2n) is 10.1. The Hall–Kier alpha value is -4.32. The second-order valence-corrected chi connectivity index (χ2v) is 10.1. The summed E-state index contributed by atoms with van der Waals surface area (Å²) in [5, 5.41) is 20.8. The monoisotopic (exact) mass is 615 g/mol. The molecule has 0 aromatic heterocycles. The maximum atomic E-state index is 13.0. The maximum absolute atomic E-state index is 13.0. The van der Waals surface area contributed by atoms with Crippen molar-refractivity contribution in [1.82, 2.24) is 26.6 Å². The summed E-state index contributed by atoms with van der Waals surface area (Å²) in [4.78, 5) is 97.2. The predicted octanol–water partition coefficient (Wildman–Crippen LogP) is -4.46. The summed E-state index contributed by atoms with van der Waals surface area (Å²) < 4.78 is 0. The third-order valence-electron chi connectivity index (χ3n) is 6.12. The van der Waals surface area contributed by atoms with Gasteiger partial charge in [0.25, 0.3) is 0 Å². The van der Waals surface area contributed by atoms with E-state index in [9.17, 15) is 38.4 Å². The minimum atomic E-state index is -1.37. The van der Waals surface area contributed by atoms with E-state index in [4.69, 9.17) is 28.0 Å². The van der Waals surface area contributed by atoms with Gasteiger partial charge in [0.1, 0.15) is 30.2 Å². The SMILES string of the molecule is C[C@H](N)C(=O)N[C@@H](CCC(=O)O)C(=O)N[C@@H](C)C(=O)N[C@@H](CCC(N)=O)C(=O)N[C@@H](C)C(=O)N[C@@H](CCCCN)C(N)=O. The predicted molar refractivity (Wildman–Crippen MR) is 152 cm³/mol. The van der Waals surface area contributed by atoms with Crippen molar-refractivity contribution in [2.75, 3.05) is 6.54 Å². The molecule has 0 fully saturated rings. The molecule has 0 aromatic rings. The first kappa shape index (κ1) is 38.7. The van der Waals surface area contributed by atoms with Gasteiger partial charge in [-0.25, -0.2) is 0 Å². The molecule has 43 heavy (non-hydrogen) atoms. The number of primary amides is 2. The number of unbranched alkanes of at least 4 members (excludes halogenated alkanes) is 1. The molecule has 14 N–H and O–H groups in total. The maximum Gasteiger partial charge on any atom is 0.303 e. The summed E-state index contributed by atoms with van der Waals surface area (Å²) in [5.41, 5.74) is 21.5. The van der Waals surface area contributed by atoms with Gasteiger partial charge in [-0.3, -0.25) is 38.4 Å². The van der Waals surface area contributed by atoms with Crippen molar-refractivity contribution < 1.29 is 43.5 Å². The van der Waals surface area contributed by atoms with Crippen molar-refractivity contribution in [1.29, 1.82) is 0 Å². The van der Waals surface area contributed by atoms with Crippen LogP contribution in [0.5, 0.6) is 0 Å². The third kappa shape index (κ3) is 16.0. The van der Waals surface area contributed by atoms with Gasteiger partial charge in [-0.05, 0) is 59.4 Å². The normalized spacial score (nSPS) is 14.9. The Kier molecular flexibility index (Phi) is 17.8. The first-order chi connectivity index (χ1) is 20.0. The Bertz CT molecular complexity index is 1020. The topological polar surface area (TPSA) is 321 Å². The van der Waals surface area contributed by atoms with Crippen molar-refractivity contribution >= 4 is 47.3 Å². The van der Waals surface area contributed by atoms with Gasteiger partial charge in [0.2, 0.25) is 41.4 Å². The highest BCUT2D eigenvalue weighted by Crippen LogP contribution is 2.04. The van der Waals surface area contributed by atoms with Gasteiger partial charge in [-0.2, -0.15) is 0 Å². The molecule has 0 aromatic carbocycles. The molecule has 0 heterocycles. The van der Waals surface area contributed by atoms with Crippen LogP contribution in [0.2, 0.25) is 0 Å². The van der Waals surface area contributed by atoms with Crippen LogP contribution in [0.15, 0.2) is 0 Å². The lowest BCUT2D eigenvalue weighted by Gasteiger charge is -2.25. The highest BCUT2D eigenvalue weighted by molar-refractivity contribution is 5.96. The first-order valence-electron chi connectivity index (χ1n) is 13.8. The summed E-state index contributed by atoms with van der Waals surface area (Å²) in [6.45, 7) is 4.35. The van der Waals surface area contributed by atoms with Gasteiger partial charge in [-0.1, -0.05) is 0 Å². The lowest BCUT2D eigenvalue weighted by molar-refractivity contribution is -0.138. The van der Waals surface area contributed by atoms with Crippen LogP contribution in [0.25, 0.3) is 0 Å². The Morgan fingerprint density at radius 2 is 1.05 bits per heavy atom. The molecule has 0 saturated heterocycles. The van der Waals surface area contributed by atoms with Crippen molar-refractivity contribution in [2.45, 2.75) is 102 Å². The smallest absolute Gasteiger partial charge is 0.303 e. The van der Waals surface area contributed by atoms with Gasteiger partial charge in [0.15, 0.2) is 0 Å². The van der Waals surface area contributed by atoms with Crippen molar-refractivity contribution in [3.05, 3.63) is 0 Å². The Labute approximate surface area is 249 Å². The van der Waals surface area contributed by atoms with Crippen LogP contribution in [0.3, 0.4) is 0 Å². The molecule has 7 amide bonds. The summed E-state index contributed by atoms with van der Waals surface area (Å²) >= 11 is 0. The Morgan fingerprint density at radius 3 is 1.44 bits per heavy atom. The molecule has 0 aliphatic carbocycles. The minimum Gasteiger partial charge on any atom is -0.481 e. The van der Waals surface area contributed by atoms with Crippen LogP contribution in [0, 0.1) is 0 Å². The molecule has 18 heteroatoms. The molecule has 0 bridgehead atoms. The summed E-state index contributed by atoms with van der Waals surface area (Å²) in [6, 6.07) is -7.15. The quantitative estimate of drug-likeness (QED) is 0.0549. The van der Waals surface area contributed by atoms with E-state index in [1.54, 1.807) is 0 Å². The summed E-state index contributed by atoms with van der Waals surface area (Å²) in [5.74, 6) is -6.83. The van der Waals surface area contributed by atoms with E-state index in [-0.39, 0.29) is 25.7 Å². The number of carboxylic acids is 1. The number of rotatable bonds is 21. The third-order valence-corrected chi connectivity index (χ3v) is 6.12. The summed E-state index contributed by atoms with van der Waals surface area (Å²) in [7, 11) is 0. The molecule has 0 aliphatic rings. The van der Waals surface area contributed by atoms with Gasteiger partial charge in [-0.15, -0.1) is 0 Å². The zero-order chi connectivity index (χ0) is 33.3. The minimum absolute atomic E-state index is 0.242. The number of carbonyl (C=O) groups excluding carboxylic acids is 7. The fraction of sp³-hybridized carbons (Fsp3) is 0.680. The van der Waals surface area contributed by atoms with Crippen molar-refractivity contribution in [3.8, 4) is 0 Å². The van der Waals surface area contributed by atoms with E-state index < -0.39 is 90.0 Å². The summed E-state index contributed by atoms with van der Waals surface area (Å²) in [6.07, 6.45) is 0.0538. The van der Waals surface area contributed by atoms with Crippen LogP contribution in [0.1, 0.15) is 65.7 Å². The average molecular weight is 616 g/mol. The molecule has 244 valence electrons. The number of hydrogen-bond donors (Lipinski definition) is 10. The van der Waals surface area contributed by atoms with E-state index in [1.165, 1.54) is 20.8 Å². The molecule has 0 unspecified atom stereocenters. The standard InChI is InChI=1S/C25H45N9O9/c1-12(27)21(39)33-17(8-10-19(36)37)25(43)31-14(3)23(41)34-16(7-9-18(28)35)24(42)30-13(2)22(40)32-15(20(29)38)6-4-5-11-26/h12-17H,4-11,26-27H2,1-3H3,(H2,28,35)(H2,29,38)(H,30,42)(H,31,43)(H,32,40)(H,33,39)(H,34,41)(H,36,37)/t12-,13-,14-,15-,16-,17-/m0/s1. The number of carbonyl (C=O) groups is 8. The molecular weight excluding hydrogens is 570 g/mol. The zero-order valence-corrected chi connectivity index (χ0v) is 24.6. The highest BCUT2D eigenvalue weighted by atomic mass is 16.4. The number of hydrogen-bond acceptors (Lipinski definition) is 10. The zero-order valence-electron chi connectivity index (χ0n) is 24.6. The van der Waals surface area contributed by atoms with E-state index in [0.29, 0.717) is 19.4 Å². The Morgan fingerprint density at radius 1 is 0.605 bits per heavy atom. The molecular formula is C25H45N9O9. The molecule has 0 aliphatic heterocycles. The second kappa shape index (κ2) is 19.7. The molecule has 0 saturated carbocycles. The molecule has 0 spiro atoms. The van der Waals surface area contributed by atoms with E-state index in [1.807, 2.05) is 0 Å². The van der Waals surface area contributed by atoms with Gasteiger partial charge in [0.05, 0.1) is 6.04 Å². The number of carboxylic acid groups (broad SMARTS) is 1. The number of amides is 7. The molecule has 0 radical (unpaired) electrons. The molecule has 6 atom stereocenters. The van der Waals surface area contributed by atoms with Crippen molar-refractivity contribution in [3.63, 3.8) is 0 Å². The van der Waals surface area contributed by atoms with Crippen LogP contribution in [0.4, 0.5) is 0 Å². The van der Waals surface area contributed by atoms with Crippen LogP contribution in [-0.2, 0) is 38.4 Å². The van der Waals surface area contributed by atoms with E-state index in [0.717, 1.165) is 0 Å².